The number of benzene rings is 1. The van der Waals surface area contributed by atoms with Gasteiger partial charge in [0, 0.05) is 16.9 Å². The minimum Gasteiger partial charge on any atom is -0.458 e. The summed E-state index contributed by atoms with van der Waals surface area (Å²) in [6.07, 6.45) is 0.601. The number of sulfone groups is 1. The molecule has 2 aromatic rings. The smallest absolute Gasteiger partial charge is 0.316 e. The molecule has 1 aromatic carbocycles. The van der Waals surface area contributed by atoms with E-state index in [0.29, 0.717) is 17.9 Å². The van der Waals surface area contributed by atoms with Gasteiger partial charge in [0.05, 0.1) is 17.3 Å². The quantitative estimate of drug-likeness (QED) is 0.724. The largest absolute Gasteiger partial charge is 0.458 e. The molecule has 0 unspecified atom stereocenters. The lowest BCUT2D eigenvalue weighted by Crippen LogP contribution is -2.12. The second-order valence-electron chi connectivity index (χ2n) is 5.55. The van der Waals surface area contributed by atoms with Crippen molar-refractivity contribution in [1.82, 2.24) is 5.16 Å². The zero-order valence-corrected chi connectivity index (χ0v) is 14.5. The molecule has 0 radical (unpaired) electrons. The Morgan fingerprint density at radius 2 is 2.12 bits per heavy atom. The van der Waals surface area contributed by atoms with Crippen molar-refractivity contribution in [3.63, 3.8) is 0 Å². The first-order valence-corrected chi connectivity index (χ1v) is 10.4. The minimum absolute atomic E-state index is 0.0146. The van der Waals surface area contributed by atoms with Crippen molar-refractivity contribution in [2.45, 2.75) is 18.3 Å². The molecule has 1 aliphatic rings. The van der Waals surface area contributed by atoms with Crippen LogP contribution >= 0.6 is 11.8 Å². The number of esters is 1. The van der Waals surface area contributed by atoms with Crippen LogP contribution in [-0.4, -0.2) is 42.1 Å². The summed E-state index contributed by atoms with van der Waals surface area (Å²) in [5.41, 5.74) is 1.44. The highest BCUT2D eigenvalue weighted by Crippen LogP contribution is 2.24. The van der Waals surface area contributed by atoms with Crippen LogP contribution in [0.5, 0.6) is 0 Å². The monoisotopic (exact) mass is 367 g/mol. The molecule has 8 heteroatoms. The molecular weight excluding hydrogens is 350 g/mol. The zero-order chi connectivity index (χ0) is 17.0. The first-order chi connectivity index (χ1) is 11.5. The maximum atomic E-state index is 11.8. The molecule has 0 bridgehead atoms. The molecular formula is C16H17NO5S2. The second kappa shape index (κ2) is 7.40. The molecule has 128 valence electrons. The SMILES string of the molecule is O=C(CS[C@H]1CCS(=O)(=O)C1)OCc1cc(-c2ccccc2)on1. The van der Waals surface area contributed by atoms with E-state index in [0.717, 1.165) is 5.56 Å². The van der Waals surface area contributed by atoms with Crippen molar-refractivity contribution in [3.8, 4) is 11.3 Å². The van der Waals surface area contributed by atoms with Crippen LogP contribution in [-0.2, 0) is 26.0 Å². The fourth-order valence-electron chi connectivity index (χ4n) is 2.39. The van der Waals surface area contributed by atoms with Gasteiger partial charge in [0.1, 0.15) is 12.3 Å². The van der Waals surface area contributed by atoms with Crippen molar-refractivity contribution in [1.29, 1.82) is 0 Å². The van der Waals surface area contributed by atoms with Gasteiger partial charge >= 0.3 is 5.97 Å². The predicted octanol–water partition coefficient (Wildman–Crippen LogP) is 2.31. The Bertz CT molecular complexity index is 801. The van der Waals surface area contributed by atoms with E-state index in [1.54, 1.807) is 6.07 Å². The van der Waals surface area contributed by atoms with E-state index in [1.807, 2.05) is 30.3 Å². The van der Waals surface area contributed by atoms with E-state index in [1.165, 1.54) is 11.8 Å². The van der Waals surface area contributed by atoms with Gasteiger partial charge in [0.25, 0.3) is 0 Å². The maximum absolute atomic E-state index is 11.8. The Morgan fingerprint density at radius 1 is 1.33 bits per heavy atom. The number of nitrogens with zero attached hydrogens (tertiary/aromatic N) is 1. The minimum atomic E-state index is -2.92. The van der Waals surface area contributed by atoms with E-state index in [9.17, 15) is 13.2 Å². The highest BCUT2D eigenvalue weighted by atomic mass is 32.2. The fraction of sp³-hybridized carbons (Fsp3) is 0.375. The van der Waals surface area contributed by atoms with Crippen LogP contribution in [0, 0.1) is 0 Å². The Morgan fingerprint density at radius 3 is 2.83 bits per heavy atom. The van der Waals surface area contributed by atoms with Gasteiger partial charge in [-0.2, -0.15) is 0 Å². The molecule has 1 saturated heterocycles. The molecule has 0 spiro atoms. The molecule has 0 amide bonds. The third-order valence-electron chi connectivity index (χ3n) is 3.63. The first kappa shape index (κ1) is 17.0. The van der Waals surface area contributed by atoms with Gasteiger partial charge in [-0.05, 0) is 6.42 Å². The molecule has 1 atom stereocenters. The summed E-state index contributed by atoms with van der Waals surface area (Å²) in [4.78, 5) is 11.8. The van der Waals surface area contributed by atoms with E-state index in [2.05, 4.69) is 5.16 Å². The predicted molar refractivity (Wildman–Crippen MR) is 91.3 cm³/mol. The molecule has 2 heterocycles. The van der Waals surface area contributed by atoms with Crippen LogP contribution in [0.1, 0.15) is 12.1 Å². The third kappa shape index (κ3) is 4.61. The summed E-state index contributed by atoms with van der Waals surface area (Å²) in [6, 6.07) is 11.3. The van der Waals surface area contributed by atoms with Crippen LogP contribution in [0.2, 0.25) is 0 Å². The number of hydrogen-bond donors (Lipinski definition) is 0. The number of rotatable bonds is 6. The van der Waals surface area contributed by atoms with E-state index >= 15 is 0 Å². The van der Waals surface area contributed by atoms with Crippen molar-refractivity contribution in [3.05, 3.63) is 42.1 Å². The topological polar surface area (TPSA) is 86.5 Å². The summed E-state index contributed by atoms with van der Waals surface area (Å²) in [6.45, 7) is 0.0404. The van der Waals surface area contributed by atoms with Gasteiger partial charge in [-0.3, -0.25) is 4.79 Å². The average Bonchev–Trinajstić information content (AvgIpc) is 3.18. The second-order valence-corrected chi connectivity index (χ2v) is 9.06. The Labute approximate surface area is 144 Å². The van der Waals surface area contributed by atoms with Crippen LogP contribution in [0.25, 0.3) is 11.3 Å². The molecule has 0 N–H and O–H groups in total. The molecule has 3 rings (SSSR count). The third-order valence-corrected chi connectivity index (χ3v) is 6.88. The highest BCUT2D eigenvalue weighted by molar-refractivity contribution is 8.02. The van der Waals surface area contributed by atoms with E-state index in [-0.39, 0.29) is 35.1 Å². The normalized spacial score (nSPS) is 19.2. The number of carbonyl (C=O) groups is 1. The van der Waals surface area contributed by atoms with Crippen molar-refractivity contribution in [2.24, 2.45) is 0 Å². The molecule has 24 heavy (non-hydrogen) atoms. The average molecular weight is 367 g/mol. The lowest BCUT2D eigenvalue weighted by atomic mass is 10.2. The van der Waals surface area contributed by atoms with Crippen molar-refractivity contribution in [2.75, 3.05) is 17.3 Å². The summed E-state index contributed by atoms with van der Waals surface area (Å²) in [7, 11) is -2.92. The van der Waals surface area contributed by atoms with Crippen LogP contribution in [0.4, 0.5) is 0 Å². The summed E-state index contributed by atoms with van der Waals surface area (Å²) in [5.74, 6) is 0.736. The number of aromatic nitrogens is 1. The van der Waals surface area contributed by atoms with Crippen LogP contribution < -0.4 is 0 Å². The van der Waals surface area contributed by atoms with Crippen LogP contribution in [0.3, 0.4) is 0 Å². The molecule has 1 aromatic heterocycles. The first-order valence-electron chi connectivity index (χ1n) is 7.50. The van der Waals surface area contributed by atoms with E-state index < -0.39 is 9.84 Å². The number of hydrogen-bond acceptors (Lipinski definition) is 7. The zero-order valence-electron chi connectivity index (χ0n) is 12.9. The molecule has 6 nitrogen and oxygen atoms in total. The lowest BCUT2D eigenvalue weighted by molar-refractivity contribution is -0.141. The maximum Gasteiger partial charge on any atom is 0.316 e. The fourth-order valence-corrected chi connectivity index (χ4v) is 5.83. The molecule has 1 fully saturated rings. The molecule has 0 aliphatic carbocycles. The Balaban J connectivity index is 1.44. The summed E-state index contributed by atoms with van der Waals surface area (Å²) >= 11 is 1.33. The lowest BCUT2D eigenvalue weighted by Gasteiger charge is -2.06. The van der Waals surface area contributed by atoms with Gasteiger partial charge in [0.15, 0.2) is 15.6 Å². The van der Waals surface area contributed by atoms with Gasteiger partial charge in [-0.1, -0.05) is 35.5 Å². The van der Waals surface area contributed by atoms with Crippen LogP contribution in [0.15, 0.2) is 40.9 Å². The van der Waals surface area contributed by atoms with Gasteiger partial charge < -0.3 is 9.26 Å². The van der Waals surface area contributed by atoms with Gasteiger partial charge in [-0.15, -0.1) is 11.8 Å². The number of carbonyl (C=O) groups excluding carboxylic acids is 1. The summed E-state index contributed by atoms with van der Waals surface area (Å²) < 4.78 is 33.1. The Kier molecular flexibility index (Phi) is 5.25. The number of thioether (sulfide) groups is 1. The highest BCUT2D eigenvalue weighted by Gasteiger charge is 2.28. The molecule has 1 aliphatic heterocycles. The Hall–Kier alpha value is -1.80. The standard InChI is InChI=1S/C16H17NO5S2/c18-16(10-23-14-6-7-24(19,20)11-14)21-9-13-8-15(22-17-13)12-4-2-1-3-5-12/h1-5,8,14H,6-7,9-11H2/t14-/m0/s1. The summed E-state index contributed by atoms with van der Waals surface area (Å²) in [5, 5.41) is 3.87. The van der Waals surface area contributed by atoms with Gasteiger partial charge in [0.2, 0.25) is 0 Å². The van der Waals surface area contributed by atoms with Gasteiger partial charge in [-0.25, -0.2) is 8.42 Å². The molecule has 0 saturated carbocycles. The van der Waals surface area contributed by atoms with Crippen molar-refractivity contribution >= 4 is 27.6 Å². The van der Waals surface area contributed by atoms with Crippen molar-refractivity contribution < 1.29 is 22.5 Å². The van der Waals surface area contributed by atoms with E-state index in [4.69, 9.17) is 9.26 Å². The number of ether oxygens (including phenoxy) is 1.